The smallest absolute Gasteiger partial charge is 0.256 e. The van der Waals surface area contributed by atoms with Gasteiger partial charge in [-0.2, -0.15) is 9.57 Å². The van der Waals surface area contributed by atoms with Crippen molar-refractivity contribution in [3.63, 3.8) is 0 Å². The van der Waals surface area contributed by atoms with Gasteiger partial charge in [0.15, 0.2) is 11.5 Å². The third kappa shape index (κ3) is 3.86. The lowest BCUT2D eigenvalue weighted by Crippen LogP contribution is -2.47. The van der Waals surface area contributed by atoms with Gasteiger partial charge in [-0.05, 0) is 44.4 Å². The van der Waals surface area contributed by atoms with Crippen molar-refractivity contribution in [3.05, 3.63) is 47.4 Å². The molecular formula is C18H21N5O3S. The van der Waals surface area contributed by atoms with E-state index in [1.807, 2.05) is 13.0 Å². The lowest BCUT2D eigenvalue weighted by atomic mass is 10.1. The molecule has 1 aliphatic heterocycles. The van der Waals surface area contributed by atoms with Crippen LogP contribution in [0.25, 0.3) is 0 Å². The fourth-order valence-corrected chi connectivity index (χ4v) is 4.92. The number of aromatic amines is 1. The number of hydrogen-bond donors (Lipinski definition) is 2. The molecule has 2 atom stereocenters. The molecule has 0 radical (unpaired) electrons. The molecule has 0 aliphatic carbocycles. The Hall–Kier alpha value is -2.70. The summed E-state index contributed by atoms with van der Waals surface area (Å²) in [5.74, 6) is -0.216. The van der Waals surface area contributed by atoms with E-state index in [2.05, 4.69) is 15.3 Å². The molecule has 27 heavy (non-hydrogen) atoms. The van der Waals surface area contributed by atoms with E-state index in [0.717, 1.165) is 12.0 Å². The maximum absolute atomic E-state index is 12.6. The van der Waals surface area contributed by atoms with Crippen molar-refractivity contribution in [1.29, 1.82) is 5.26 Å². The topological polar surface area (TPSA) is 119 Å². The van der Waals surface area contributed by atoms with Crippen LogP contribution in [0.15, 0.2) is 30.6 Å². The molecular weight excluding hydrogens is 366 g/mol. The third-order valence-corrected chi connectivity index (χ3v) is 7.25. The van der Waals surface area contributed by atoms with E-state index < -0.39 is 15.9 Å². The molecule has 1 aromatic heterocycles. The molecule has 1 saturated heterocycles. The number of rotatable bonds is 4. The van der Waals surface area contributed by atoms with Gasteiger partial charge in [-0.1, -0.05) is 12.1 Å². The van der Waals surface area contributed by atoms with Crippen LogP contribution in [0, 0.1) is 11.3 Å². The molecule has 1 fully saturated rings. The molecule has 9 heteroatoms. The minimum absolute atomic E-state index is 0.0433. The molecule has 2 heterocycles. The maximum Gasteiger partial charge on any atom is 0.256 e. The van der Waals surface area contributed by atoms with Crippen molar-refractivity contribution in [2.75, 3.05) is 5.32 Å². The van der Waals surface area contributed by atoms with Crippen LogP contribution >= 0.6 is 0 Å². The predicted octanol–water partition coefficient (Wildman–Crippen LogP) is 2.24. The van der Waals surface area contributed by atoms with Crippen LogP contribution in [0.1, 0.15) is 48.3 Å². The van der Waals surface area contributed by atoms with E-state index in [1.165, 1.54) is 6.33 Å². The summed E-state index contributed by atoms with van der Waals surface area (Å²) in [5.41, 5.74) is 1.39. The summed E-state index contributed by atoms with van der Waals surface area (Å²) in [6.07, 6.45) is 2.85. The highest BCUT2D eigenvalue weighted by Crippen LogP contribution is 2.28. The van der Waals surface area contributed by atoms with Crippen molar-refractivity contribution < 1.29 is 13.2 Å². The normalized spacial score (nSPS) is 22.1. The number of hydrogen-bond acceptors (Lipinski definition) is 5. The van der Waals surface area contributed by atoms with E-state index in [0.29, 0.717) is 12.0 Å². The van der Waals surface area contributed by atoms with Crippen LogP contribution < -0.4 is 5.32 Å². The fraction of sp³-hybridized carbons (Fsp3) is 0.389. The number of carbonyl (C=O) groups excluding carboxylic acids is 1. The highest BCUT2D eigenvalue weighted by molar-refractivity contribution is 7.89. The molecule has 1 aromatic carbocycles. The molecule has 0 bridgehead atoms. The van der Waals surface area contributed by atoms with Crippen LogP contribution in [0.3, 0.4) is 0 Å². The van der Waals surface area contributed by atoms with Gasteiger partial charge in [0, 0.05) is 18.2 Å². The van der Waals surface area contributed by atoms with Gasteiger partial charge in [0.2, 0.25) is 10.0 Å². The Labute approximate surface area is 158 Å². The van der Waals surface area contributed by atoms with Crippen LogP contribution in [-0.2, 0) is 16.6 Å². The summed E-state index contributed by atoms with van der Waals surface area (Å²) in [4.78, 5) is 18.8. The molecule has 1 amide bonds. The second-order valence-electron chi connectivity index (χ2n) is 6.72. The summed E-state index contributed by atoms with van der Waals surface area (Å²) >= 11 is 0. The first kappa shape index (κ1) is 19.1. The largest absolute Gasteiger partial charge is 0.335 e. The number of carbonyl (C=O) groups is 1. The van der Waals surface area contributed by atoms with Crippen molar-refractivity contribution in [1.82, 2.24) is 14.3 Å². The number of H-pyrrole nitrogens is 1. The van der Waals surface area contributed by atoms with E-state index in [1.54, 1.807) is 35.5 Å². The van der Waals surface area contributed by atoms with E-state index in [4.69, 9.17) is 5.26 Å². The molecule has 0 spiro atoms. The molecule has 2 aromatic rings. The van der Waals surface area contributed by atoms with Gasteiger partial charge >= 0.3 is 0 Å². The lowest BCUT2D eigenvalue weighted by Gasteiger charge is -2.36. The monoisotopic (exact) mass is 387 g/mol. The zero-order valence-corrected chi connectivity index (χ0v) is 16.0. The molecule has 2 N–H and O–H groups in total. The second kappa shape index (κ2) is 7.50. The number of nitrogens with one attached hydrogen (secondary N) is 2. The van der Waals surface area contributed by atoms with Crippen LogP contribution in [0.5, 0.6) is 0 Å². The minimum atomic E-state index is -3.31. The number of imidazole rings is 1. The quantitative estimate of drug-likeness (QED) is 0.834. The van der Waals surface area contributed by atoms with E-state index >= 15 is 0 Å². The average Bonchev–Trinajstić information content (AvgIpc) is 3.10. The molecule has 1 unspecified atom stereocenters. The van der Waals surface area contributed by atoms with E-state index in [9.17, 15) is 13.2 Å². The number of anilines is 1. The van der Waals surface area contributed by atoms with Crippen molar-refractivity contribution in [3.8, 4) is 6.07 Å². The maximum atomic E-state index is 12.6. The van der Waals surface area contributed by atoms with Crippen LogP contribution in [-0.4, -0.2) is 39.9 Å². The lowest BCUT2D eigenvalue weighted by molar-refractivity contribution is 0.102. The molecule has 142 valence electrons. The van der Waals surface area contributed by atoms with Gasteiger partial charge in [-0.25, -0.2) is 13.4 Å². The molecule has 1 aliphatic rings. The Balaban J connectivity index is 1.72. The van der Waals surface area contributed by atoms with Gasteiger partial charge < -0.3 is 10.3 Å². The minimum Gasteiger partial charge on any atom is -0.335 e. The van der Waals surface area contributed by atoms with Crippen molar-refractivity contribution >= 4 is 21.7 Å². The van der Waals surface area contributed by atoms with Gasteiger partial charge in [-0.15, -0.1) is 0 Å². The number of amides is 1. The Morgan fingerprint density at radius 3 is 2.70 bits per heavy atom. The highest BCUT2D eigenvalue weighted by Gasteiger charge is 2.36. The van der Waals surface area contributed by atoms with Crippen molar-refractivity contribution in [2.45, 2.75) is 44.5 Å². The number of aromatic nitrogens is 2. The van der Waals surface area contributed by atoms with E-state index in [-0.39, 0.29) is 29.3 Å². The molecule has 0 saturated carbocycles. The molecule has 3 rings (SSSR count). The fourth-order valence-electron chi connectivity index (χ4n) is 3.09. The zero-order chi connectivity index (χ0) is 19.6. The van der Waals surface area contributed by atoms with Gasteiger partial charge in [0.25, 0.3) is 5.91 Å². The average molecular weight is 387 g/mol. The zero-order valence-electron chi connectivity index (χ0n) is 15.1. The first-order chi connectivity index (χ1) is 12.8. The van der Waals surface area contributed by atoms with Crippen LogP contribution in [0.4, 0.5) is 5.82 Å². The third-order valence-electron chi connectivity index (χ3n) is 4.86. The number of nitriles is 1. The van der Waals surface area contributed by atoms with Gasteiger partial charge in [-0.3, -0.25) is 4.79 Å². The Kier molecular flexibility index (Phi) is 5.30. The molecule has 8 nitrogen and oxygen atoms in total. The predicted molar refractivity (Wildman–Crippen MR) is 100 cm³/mol. The standard InChI is InChI=1S/C18H21N5O3S/c1-12-3-4-13(2)27(25,26)23(12)10-14-5-7-15(8-6-14)18(24)22-17-16(9-19)20-11-21-17/h5-8,11-13H,3-4,10H2,1-2H3,(H,20,21)(H,22,24)/t12-,13?/m0/s1. The second-order valence-corrected chi connectivity index (χ2v) is 9.02. The Bertz CT molecular complexity index is 975. The first-order valence-corrected chi connectivity index (χ1v) is 10.2. The van der Waals surface area contributed by atoms with Gasteiger partial charge in [0.05, 0.1) is 11.6 Å². The summed E-state index contributed by atoms with van der Waals surface area (Å²) in [7, 11) is -3.31. The van der Waals surface area contributed by atoms with Gasteiger partial charge in [0.1, 0.15) is 6.07 Å². The first-order valence-electron chi connectivity index (χ1n) is 8.67. The SMILES string of the molecule is CC1CC[C@H](C)N(Cc2ccc(C(=O)Nc3nc[nH]c3C#N)cc2)S1(=O)=O. The highest BCUT2D eigenvalue weighted by atomic mass is 32.2. The van der Waals surface area contributed by atoms with Crippen molar-refractivity contribution in [2.24, 2.45) is 0 Å². The Morgan fingerprint density at radius 1 is 1.33 bits per heavy atom. The summed E-state index contributed by atoms with van der Waals surface area (Å²) in [6, 6.07) is 8.61. The van der Waals surface area contributed by atoms with Crippen LogP contribution in [0.2, 0.25) is 0 Å². The number of benzene rings is 1. The number of nitrogens with zero attached hydrogens (tertiary/aromatic N) is 3. The summed E-state index contributed by atoms with van der Waals surface area (Å²) in [6.45, 7) is 3.95. The number of sulfonamides is 1. The Morgan fingerprint density at radius 2 is 2.04 bits per heavy atom. The summed E-state index contributed by atoms with van der Waals surface area (Å²) in [5, 5.41) is 11.1. The summed E-state index contributed by atoms with van der Waals surface area (Å²) < 4.78 is 26.7.